The SMILES string of the molecule is C=CC(=C1CCCCCC1)C1CCCCC1. The van der Waals surface area contributed by atoms with E-state index in [9.17, 15) is 0 Å². The first kappa shape index (κ1) is 12.0. The predicted octanol–water partition coefficient (Wildman–Crippen LogP) is 5.40. The summed E-state index contributed by atoms with van der Waals surface area (Å²) < 4.78 is 0. The molecule has 2 aliphatic rings. The van der Waals surface area contributed by atoms with E-state index in [1.165, 1.54) is 70.6 Å². The lowest BCUT2D eigenvalue weighted by Crippen LogP contribution is -2.10. The van der Waals surface area contributed by atoms with Crippen LogP contribution in [0.5, 0.6) is 0 Å². The fraction of sp³-hybridized carbons (Fsp3) is 0.750. The van der Waals surface area contributed by atoms with Crippen LogP contribution in [0.1, 0.15) is 70.6 Å². The lowest BCUT2D eigenvalue weighted by Gasteiger charge is -2.25. The van der Waals surface area contributed by atoms with Gasteiger partial charge in [-0.05, 0) is 50.0 Å². The molecule has 0 saturated heterocycles. The number of hydrogen-bond donors (Lipinski definition) is 0. The molecule has 0 unspecified atom stereocenters. The second kappa shape index (κ2) is 6.27. The first-order valence-corrected chi connectivity index (χ1v) is 7.26. The molecule has 90 valence electrons. The van der Waals surface area contributed by atoms with E-state index >= 15 is 0 Å². The van der Waals surface area contributed by atoms with E-state index in [4.69, 9.17) is 0 Å². The lowest BCUT2D eigenvalue weighted by atomic mass is 9.80. The van der Waals surface area contributed by atoms with Gasteiger partial charge in [-0.3, -0.25) is 0 Å². The van der Waals surface area contributed by atoms with Crippen molar-refractivity contribution in [2.24, 2.45) is 5.92 Å². The number of hydrogen-bond acceptors (Lipinski definition) is 0. The van der Waals surface area contributed by atoms with Gasteiger partial charge in [0.2, 0.25) is 0 Å². The van der Waals surface area contributed by atoms with Crippen LogP contribution < -0.4 is 0 Å². The van der Waals surface area contributed by atoms with Crippen LogP contribution in [0, 0.1) is 5.92 Å². The summed E-state index contributed by atoms with van der Waals surface area (Å²) in [6.45, 7) is 4.08. The summed E-state index contributed by atoms with van der Waals surface area (Å²) in [6, 6.07) is 0. The maximum absolute atomic E-state index is 4.08. The Morgan fingerprint density at radius 3 is 2.00 bits per heavy atom. The zero-order valence-corrected chi connectivity index (χ0v) is 10.6. The highest BCUT2D eigenvalue weighted by Gasteiger charge is 2.19. The van der Waals surface area contributed by atoms with Gasteiger partial charge in [-0.2, -0.15) is 0 Å². The van der Waals surface area contributed by atoms with Crippen LogP contribution in [0.3, 0.4) is 0 Å². The van der Waals surface area contributed by atoms with Gasteiger partial charge in [0.1, 0.15) is 0 Å². The first-order valence-electron chi connectivity index (χ1n) is 7.26. The molecule has 0 atom stereocenters. The molecule has 0 aromatic rings. The highest BCUT2D eigenvalue weighted by Crippen LogP contribution is 2.35. The van der Waals surface area contributed by atoms with Gasteiger partial charge in [0.15, 0.2) is 0 Å². The average molecular weight is 218 g/mol. The Hall–Kier alpha value is -0.520. The Bertz CT molecular complexity index is 243. The van der Waals surface area contributed by atoms with Gasteiger partial charge in [0.05, 0.1) is 0 Å². The highest BCUT2D eigenvalue weighted by molar-refractivity contribution is 5.27. The van der Waals surface area contributed by atoms with E-state index in [0.717, 1.165) is 5.92 Å². The van der Waals surface area contributed by atoms with E-state index in [-0.39, 0.29) is 0 Å². The van der Waals surface area contributed by atoms with Crippen molar-refractivity contribution in [3.63, 3.8) is 0 Å². The minimum atomic E-state index is 0.861. The maximum Gasteiger partial charge on any atom is -0.0163 e. The molecule has 0 amide bonds. The van der Waals surface area contributed by atoms with Gasteiger partial charge in [-0.15, -0.1) is 0 Å². The molecule has 0 radical (unpaired) electrons. The van der Waals surface area contributed by atoms with Crippen LogP contribution in [0.15, 0.2) is 23.8 Å². The molecule has 0 aromatic carbocycles. The number of allylic oxidation sites excluding steroid dienone is 3. The highest BCUT2D eigenvalue weighted by atomic mass is 14.2. The summed E-state index contributed by atoms with van der Waals surface area (Å²) in [6.07, 6.45) is 17.8. The molecular weight excluding hydrogens is 192 g/mol. The Morgan fingerprint density at radius 1 is 0.875 bits per heavy atom. The second-order valence-corrected chi connectivity index (χ2v) is 5.51. The molecule has 0 aromatic heterocycles. The third kappa shape index (κ3) is 2.99. The van der Waals surface area contributed by atoms with Crippen LogP contribution in [-0.2, 0) is 0 Å². The summed E-state index contributed by atoms with van der Waals surface area (Å²) in [5, 5.41) is 0. The van der Waals surface area contributed by atoms with Crippen molar-refractivity contribution in [1.29, 1.82) is 0 Å². The lowest BCUT2D eigenvalue weighted by molar-refractivity contribution is 0.404. The standard InChI is InChI=1S/C16H26/c1-2-16(15-12-8-5-9-13-15)14-10-6-3-4-7-11-14/h2,15H,1,3-13H2. The molecule has 0 N–H and O–H groups in total. The second-order valence-electron chi connectivity index (χ2n) is 5.51. The van der Waals surface area contributed by atoms with Gasteiger partial charge < -0.3 is 0 Å². The Morgan fingerprint density at radius 2 is 1.44 bits per heavy atom. The van der Waals surface area contributed by atoms with Gasteiger partial charge in [-0.1, -0.05) is 50.3 Å². The van der Waals surface area contributed by atoms with Crippen molar-refractivity contribution in [3.05, 3.63) is 23.8 Å². The van der Waals surface area contributed by atoms with E-state index in [1.807, 2.05) is 0 Å². The molecule has 0 bridgehead atoms. The molecule has 2 fully saturated rings. The molecule has 0 spiro atoms. The van der Waals surface area contributed by atoms with Crippen molar-refractivity contribution in [2.75, 3.05) is 0 Å². The van der Waals surface area contributed by atoms with Crippen molar-refractivity contribution in [3.8, 4) is 0 Å². The third-order valence-electron chi connectivity index (χ3n) is 4.38. The van der Waals surface area contributed by atoms with Crippen molar-refractivity contribution in [1.82, 2.24) is 0 Å². The molecule has 2 saturated carbocycles. The van der Waals surface area contributed by atoms with Gasteiger partial charge in [0.25, 0.3) is 0 Å². The molecule has 16 heavy (non-hydrogen) atoms. The van der Waals surface area contributed by atoms with Gasteiger partial charge in [-0.25, -0.2) is 0 Å². The van der Waals surface area contributed by atoms with Crippen LogP contribution in [0.2, 0.25) is 0 Å². The molecule has 0 aliphatic heterocycles. The number of rotatable bonds is 2. The Kier molecular flexibility index (Phi) is 4.69. The average Bonchev–Trinajstić information content (AvgIpc) is 2.61. The van der Waals surface area contributed by atoms with E-state index < -0.39 is 0 Å². The van der Waals surface area contributed by atoms with E-state index in [2.05, 4.69) is 12.7 Å². The summed E-state index contributed by atoms with van der Waals surface area (Å²) >= 11 is 0. The molecule has 0 heterocycles. The van der Waals surface area contributed by atoms with Crippen molar-refractivity contribution in [2.45, 2.75) is 70.6 Å². The smallest absolute Gasteiger partial charge is 0.0163 e. The summed E-state index contributed by atoms with van der Waals surface area (Å²) in [5.41, 5.74) is 3.42. The van der Waals surface area contributed by atoms with Crippen LogP contribution in [0.25, 0.3) is 0 Å². The Labute approximate surface area is 101 Å². The minimum absolute atomic E-state index is 0.861. The fourth-order valence-corrected chi connectivity index (χ4v) is 3.46. The van der Waals surface area contributed by atoms with Crippen LogP contribution in [-0.4, -0.2) is 0 Å². The molecule has 0 nitrogen and oxygen atoms in total. The van der Waals surface area contributed by atoms with E-state index in [0.29, 0.717) is 0 Å². The summed E-state index contributed by atoms with van der Waals surface area (Å²) in [5.74, 6) is 0.861. The zero-order chi connectivity index (χ0) is 11.2. The van der Waals surface area contributed by atoms with Crippen molar-refractivity contribution < 1.29 is 0 Å². The molecule has 2 aliphatic carbocycles. The largest absolute Gasteiger partial charge is 0.0988 e. The van der Waals surface area contributed by atoms with Gasteiger partial charge >= 0.3 is 0 Å². The quantitative estimate of drug-likeness (QED) is 0.544. The predicted molar refractivity (Wildman–Crippen MR) is 71.5 cm³/mol. The third-order valence-corrected chi connectivity index (χ3v) is 4.38. The summed E-state index contributed by atoms with van der Waals surface area (Å²) in [4.78, 5) is 0. The summed E-state index contributed by atoms with van der Waals surface area (Å²) in [7, 11) is 0. The molecule has 2 rings (SSSR count). The van der Waals surface area contributed by atoms with Gasteiger partial charge in [0, 0.05) is 0 Å². The van der Waals surface area contributed by atoms with Crippen molar-refractivity contribution >= 4 is 0 Å². The topological polar surface area (TPSA) is 0 Å². The molecule has 0 heteroatoms. The monoisotopic (exact) mass is 218 g/mol. The molecular formula is C16H26. The van der Waals surface area contributed by atoms with E-state index in [1.54, 1.807) is 11.1 Å². The maximum atomic E-state index is 4.08. The fourth-order valence-electron chi connectivity index (χ4n) is 3.46. The zero-order valence-electron chi connectivity index (χ0n) is 10.6. The van der Waals surface area contributed by atoms with Crippen LogP contribution >= 0.6 is 0 Å². The minimum Gasteiger partial charge on any atom is -0.0988 e. The van der Waals surface area contributed by atoms with Crippen LogP contribution in [0.4, 0.5) is 0 Å². The Balaban J connectivity index is 2.10. The normalized spacial score (nSPS) is 23.9. The first-order chi connectivity index (χ1) is 7.92.